The van der Waals surface area contributed by atoms with Crippen LogP contribution in [0.2, 0.25) is 0 Å². The fourth-order valence-corrected chi connectivity index (χ4v) is 3.18. The predicted octanol–water partition coefficient (Wildman–Crippen LogP) is 4.90. The summed E-state index contributed by atoms with van der Waals surface area (Å²) in [7, 11) is 0. The lowest BCUT2D eigenvalue weighted by Gasteiger charge is -2.26. The van der Waals surface area contributed by atoms with E-state index in [1.165, 1.54) is 37.0 Å². The SMILES string of the molecule is NC(c1cc(F)cc(Br)c1)c1cccc(C2CCC2)c1. The molecule has 3 rings (SSSR count). The number of rotatable bonds is 3. The summed E-state index contributed by atoms with van der Waals surface area (Å²) in [5.74, 6) is 0.418. The van der Waals surface area contributed by atoms with Gasteiger partial charge in [-0.15, -0.1) is 0 Å². The molecule has 0 aliphatic heterocycles. The highest BCUT2D eigenvalue weighted by Crippen LogP contribution is 2.37. The molecule has 2 aromatic rings. The van der Waals surface area contributed by atoms with Crippen LogP contribution in [0.25, 0.3) is 0 Å². The molecule has 2 N–H and O–H groups in total. The van der Waals surface area contributed by atoms with Crippen LogP contribution in [-0.2, 0) is 0 Å². The van der Waals surface area contributed by atoms with Gasteiger partial charge < -0.3 is 5.73 Å². The molecule has 1 atom stereocenters. The van der Waals surface area contributed by atoms with Gasteiger partial charge in [0.15, 0.2) is 0 Å². The average Bonchev–Trinajstić information content (AvgIpc) is 2.35. The lowest BCUT2D eigenvalue weighted by atomic mass is 9.79. The van der Waals surface area contributed by atoms with Gasteiger partial charge in [-0.05, 0) is 53.6 Å². The third-order valence-corrected chi connectivity index (χ3v) is 4.55. The third-order valence-electron chi connectivity index (χ3n) is 4.09. The second-order valence-electron chi connectivity index (χ2n) is 5.48. The summed E-state index contributed by atoms with van der Waals surface area (Å²) in [5, 5.41) is 0. The van der Waals surface area contributed by atoms with Crippen molar-refractivity contribution in [2.45, 2.75) is 31.2 Å². The molecule has 0 aromatic heterocycles. The molecule has 0 heterocycles. The quantitative estimate of drug-likeness (QED) is 0.848. The zero-order valence-corrected chi connectivity index (χ0v) is 12.7. The van der Waals surface area contributed by atoms with E-state index < -0.39 is 0 Å². The molecule has 0 spiro atoms. The smallest absolute Gasteiger partial charge is 0.124 e. The van der Waals surface area contributed by atoms with Crippen LogP contribution in [0.15, 0.2) is 46.9 Å². The fraction of sp³-hybridized carbons (Fsp3) is 0.294. The molecule has 1 saturated carbocycles. The molecule has 104 valence electrons. The van der Waals surface area contributed by atoms with Crippen molar-refractivity contribution >= 4 is 15.9 Å². The van der Waals surface area contributed by atoms with E-state index in [1.54, 1.807) is 0 Å². The van der Waals surface area contributed by atoms with Crippen LogP contribution in [0.4, 0.5) is 4.39 Å². The first-order valence-electron chi connectivity index (χ1n) is 6.95. The van der Waals surface area contributed by atoms with Crippen molar-refractivity contribution in [2.24, 2.45) is 5.73 Å². The molecular formula is C17H17BrFN. The van der Waals surface area contributed by atoms with Gasteiger partial charge >= 0.3 is 0 Å². The normalized spacial score (nSPS) is 16.8. The van der Waals surface area contributed by atoms with E-state index >= 15 is 0 Å². The van der Waals surface area contributed by atoms with Crippen molar-refractivity contribution in [2.75, 3.05) is 0 Å². The summed E-state index contributed by atoms with van der Waals surface area (Å²) < 4.78 is 14.2. The third kappa shape index (κ3) is 2.79. The van der Waals surface area contributed by atoms with Crippen LogP contribution in [0.3, 0.4) is 0 Å². The Hall–Kier alpha value is -1.19. The van der Waals surface area contributed by atoms with E-state index in [4.69, 9.17) is 5.73 Å². The minimum atomic E-state index is -0.290. The lowest BCUT2D eigenvalue weighted by molar-refractivity contribution is 0.419. The Kier molecular flexibility index (Phi) is 3.90. The van der Waals surface area contributed by atoms with E-state index in [-0.39, 0.29) is 11.9 Å². The predicted molar refractivity (Wildman–Crippen MR) is 83.2 cm³/mol. The maximum absolute atomic E-state index is 13.5. The molecule has 20 heavy (non-hydrogen) atoms. The van der Waals surface area contributed by atoms with E-state index in [0.717, 1.165) is 15.6 Å². The van der Waals surface area contributed by atoms with Crippen LogP contribution in [0.1, 0.15) is 47.9 Å². The van der Waals surface area contributed by atoms with Crippen molar-refractivity contribution in [1.82, 2.24) is 0 Å². The number of halogens is 2. The Morgan fingerprint density at radius 1 is 1.10 bits per heavy atom. The highest BCUT2D eigenvalue weighted by molar-refractivity contribution is 9.10. The maximum atomic E-state index is 13.5. The molecule has 0 bridgehead atoms. The number of hydrogen-bond acceptors (Lipinski definition) is 1. The average molecular weight is 334 g/mol. The number of hydrogen-bond donors (Lipinski definition) is 1. The molecule has 1 aliphatic rings. The molecule has 0 radical (unpaired) electrons. The minimum Gasteiger partial charge on any atom is -0.320 e. The molecule has 0 saturated heterocycles. The van der Waals surface area contributed by atoms with Gasteiger partial charge in [0.1, 0.15) is 5.82 Å². The summed E-state index contributed by atoms with van der Waals surface area (Å²) in [6.07, 6.45) is 3.85. The molecule has 0 amide bonds. The molecule has 1 nitrogen and oxygen atoms in total. The lowest BCUT2D eigenvalue weighted by Crippen LogP contribution is -2.14. The molecular weight excluding hydrogens is 317 g/mol. The largest absolute Gasteiger partial charge is 0.320 e. The van der Waals surface area contributed by atoms with Gasteiger partial charge in [-0.25, -0.2) is 4.39 Å². The number of benzene rings is 2. The highest BCUT2D eigenvalue weighted by Gasteiger charge is 2.20. The van der Waals surface area contributed by atoms with Crippen LogP contribution in [-0.4, -0.2) is 0 Å². The van der Waals surface area contributed by atoms with Gasteiger partial charge in [0.25, 0.3) is 0 Å². The fourth-order valence-electron chi connectivity index (χ4n) is 2.70. The van der Waals surface area contributed by atoms with Crippen molar-refractivity contribution in [3.8, 4) is 0 Å². The van der Waals surface area contributed by atoms with E-state index in [2.05, 4.69) is 34.1 Å². The van der Waals surface area contributed by atoms with Gasteiger partial charge in [0.05, 0.1) is 6.04 Å². The van der Waals surface area contributed by atoms with Gasteiger partial charge in [0.2, 0.25) is 0 Å². The maximum Gasteiger partial charge on any atom is 0.124 e. The van der Waals surface area contributed by atoms with Gasteiger partial charge in [0, 0.05) is 4.47 Å². The van der Waals surface area contributed by atoms with Gasteiger partial charge in [-0.3, -0.25) is 0 Å². The summed E-state index contributed by atoms with van der Waals surface area (Å²) in [4.78, 5) is 0. The highest BCUT2D eigenvalue weighted by atomic mass is 79.9. The Bertz CT molecular complexity index is 602. The van der Waals surface area contributed by atoms with Gasteiger partial charge in [-0.2, -0.15) is 0 Å². The molecule has 1 aliphatic carbocycles. The standard InChI is InChI=1S/C17H17BrFN/c18-15-8-14(9-16(19)10-15)17(20)13-6-2-5-12(7-13)11-3-1-4-11/h2,5-11,17H,1,3-4,20H2. The summed E-state index contributed by atoms with van der Waals surface area (Å²) in [6, 6.07) is 13.0. The summed E-state index contributed by atoms with van der Waals surface area (Å²) in [5.41, 5.74) is 9.50. The second-order valence-corrected chi connectivity index (χ2v) is 6.39. The topological polar surface area (TPSA) is 26.0 Å². The second kappa shape index (κ2) is 5.66. The van der Waals surface area contributed by atoms with E-state index in [9.17, 15) is 4.39 Å². The minimum absolute atomic E-state index is 0.264. The Morgan fingerprint density at radius 3 is 2.55 bits per heavy atom. The van der Waals surface area contributed by atoms with Crippen molar-refractivity contribution in [3.05, 3.63) is 69.4 Å². The molecule has 3 heteroatoms. The van der Waals surface area contributed by atoms with E-state index in [1.807, 2.05) is 12.1 Å². The monoisotopic (exact) mass is 333 g/mol. The van der Waals surface area contributed by atoms with E-state index in [0.29, 0.717) is 5.92 Å². The van der Waals surface area contributed by atoms with Gasteiger partial charge in [-0.1, -0.05) is 46.6 Å². The Balaban J connectivity index is 1.91. The summed E-state index contributed by atoms with van der Waals surface area (Å²) in [6.45, 7) is 0. The molecule has 1 fully saturated rings. The Morgan fingerprint density at radius 2 is 1.90 bits per heavy atom. The summed E-state index contributed by atoms with van der Waals surface area (Å²) >= 11 is 3.32. The zero-order valence-electron chi connectivity index (χ0n) is 11.2. The van der Waals surface area contributed by atoms with Crippen LogP contribution >= 0.6 is 15.9 Å². The first kappa shape index (κ1) is 13.8. The first-order chi connectivity index (χ1) is 9.63. The van der Waals surface area contributed by atoms with Crippen LogP contribution in [0, 0.1) is 5.82 Å². The molecule has 2 aromatic carbocycles. The zero-order chi connectivity index (χ0) is 14.1. The Labute approximate surface area is 127 Å². The first-order valence-corrected chi connectivity index (χ1v) is 7.74. The molecule has 1 unspecified atom stereocenters. The van der Waals surface area contributed by atoms with Crippen LogP contribution in [0.5, 0.6) is 0 Å². The van der Waals surface area contributed by atoms with Crippen molar-refractivity contribution in [3.63, 3.8) is 0 Å². The van der Waals surface area contributed by atoms with Crippen molar-refractivity contribution < 1.29 is 4.39 Å². The van der Waals surface area contributed by atoms with Crippen molar-refractivity contribution in [1.29, 1.82) is 0 Å². The van der Waals surface area contributed by atoms with Crippen LogP contribution < -0.4 is 5.73 Å². The number of nitrogens with two attached hydrogens (primary N) is 1.